The normalized spacial score (nSPS) is 11.5. The van der Waals surface area contributed by atoms with E-state index in [2.05, 4.69) is 5.32 Å². The molecule has 5 heteroatoms. The molecular weight excluding hydrogens is 291 g/mol. The average molecular weight is 309 g/mol. The van der Waals surface area contributed by atoms with Gasteiger partial charge in [-0.1, -0.05) is 30.3 Å². The third-order valence-electron chi connectivity index (χ3n) is 3.39. The Hall–Kier alpha value is -2.01. The monoisotopic (exact) mass is 309 g/mol. The summed E-state index contributed by atoms with van der Waals surface area (Å²) >= 11 is 0. The van der Waals surface area contributed by atoms with E-state index >= 15 is 0 Å². The van der Waals surface area contributed by atoms with Crippen molar-refractivity contribution in [1.82, 2.24) is 5.32 Å². The minimum absolute atomic E-state index is 0.200. The van der Waals surface area contributed by atoms with Crippen LogP contribution in [0.1, 0.15) is 16.7 Å². The van der Waals surface area contributed by atoms with Crippen LogP contribution >= 0.6 is 0 Å². The highest BCUT2D eigenvalue weighted by Crippen LogP contribution is 2.31. The fourth-order valence-electron chi connectivity index (χ4n) is 2.20. The summed E-state index contributed by atoms with van der Waals surface area (Å²) in [5.74, 6) is 0.788. The molecule has 22 heavy (non-hydrogen) atoms. The molecule has 0 spiro atoms. The van der Waals surface area contributed by atoms with E-state index in [1.54, 1.807) is 13.2 Å². The maximum absolute atomic E-state index is 12.9. The molecule has 0 saturated carbocycles. The van der Waals surface area contributed by atoms with E-state index in [1.165, 1.54) is 12.1 Å². The Morgan fingerprint density at radius 2 is 1.68 bits per heavy atom. The van der Waals surface area contributed by atoms with E-state index in [1.807, 2.05) is 24.3 Å². The van der Waals surface area contributed by atoms with Gasteiger partial charge in [0.2, 0.25) is 0 Å². The highest BCUT2D eigenvalue weighted by atomic mass is 19.4. The standard InChI is InChI=1S/C17H18F3NO/c1-22-15-8-6-13(7-9-15)10-11-21-12-14-4-2-3-5-16(14)17(18,19)20/h2-9,21H,10-12H2,1H3. The molecule has 0 atom stereocenters. The van der Waals surface area contributed by atoms with Crippen molar-refractivity contribution in [2.45, 2.75) is 19.1 Å². The van der Waals surface area contributed by atoms with E-state index in [0.717, 1.165) is 23.8 Å². The third kappa shape index (κ3) is 4.49. The minimum Gasteiger partial charge on any atom is -0.497 e. The van der Waals surface area contributed by atoms with Gasteiger partial charge in [-0.15, -0.1) is 0 Å². The molecule has 0 aromatic heterocycles. The van der Waals surface area contributed by atoms with Crippen LogP contribution in [0, 0.1) is 0 Å². The lowest BCUT2D eigenvalue weighted by atomic mass is 10.1. The lowest BCUT2D eigenvalue weighted by molar-refractivity contribution is -0.138. The molecule has 118 valence electrons. The lowest BCUT2D eigenvalue weighted by Gasteiger charge is -2.13. The first-order valence-electron chi connectivity index (χ1n) is 6.99. The lowest BCUT2D eigenvalue weighted by Crippen LogP contribution is -2.19. The SMILES string of the molecule is COc1ccc(CCNCc2ccccc2C(F)(F)F)cc1. The quantitative estimate of drug-likeness (QED) is 0.813. The Morgan fingerprint density at radius 1 is 1.00 bits per heavy atom. The van der Waals surface area contributed by atoms with E-state index in [0.29, 0.717) is 6.54 Å². The van der Waals surface area contributed by atoms with Gasteiger partial charge in [-0.3, -0.25) is 0 Å². The van der Waals surface area contributed by atoms with Crippen molar-refractivity contribution >= 4 is 0 Å². The van der Waals surface area contributed by atoms with Gasteiger partial charge in [0.25, 0.3) is 0 Å². The molecule has 0 aliphatic rings. The van der Waals surface area contributed by atoms with Crippen molar-refractivity contribution in [3.8, 4) is 5.75 Å². The first kappa shape index (κ1) is 16.4. The fourth-order valence-corrected chi connectivity index (χ4v) is 2.20. The van der Waals surface area contributed by atoms with Gasteiger partial charge in [-0.25, -0.2) is 0 Å². The molecule has 0 radical (unpaired) electrons. The number of hydrogen-bond donors (Lipinski definition) is 1. The summed E-state index contributed by atoms with van der Waals surface area (Å²) in [6.07, 6.45) is -3.56. The Labute approximate surface area is 127 Å². The summed E-state index contributed by atoms with van der Waals surface area (Å²) in [6, 6.07) is 13.3. The van der Waals surface area contributed by atoms with Crippen molar-refractivity contribution in [2.75, 3.05) is 13.7 Å². The highest BCUT2D eigenvalue weighted by molar-refractivity contribution is 5.30. The molecule has 0 saturated heterocycles. The third-order valence-corrected chi connectivity index (χ3v) is 3.39. The molecule has 0 bridgehead atoms. The second-order valence-electron chi connectivity index (χ2n) is 4.93. The second kappa shape index (κ2) is 7.31. The number of methoxy groups -OCH3 is 1. The van der Waals surface area contributed by atoms with Crippen LogP contribution in [0.3, 0.4) is 0 Å². The fraction of sp³-hybridized carbons (Fsp3) is 0.294. The van der Waals surface area contributed by atoms with Gasteiger partial charge in [0.1, 0.15) is 5.75 Å². The van der Waals surface area contributed by atoms with Crippen molar-refractivity contribution in [2.24, 2.45) is 0 Å². The van der Waals surface area contributed by atoms with Crippen molar-refractivity contribution in [1.29, 1.82) is 0 Å². The van der Waals surface area contributed by atoms with Crippen LogP contribution in [-0.2, 0) is 19.1 Å². The average Bonchev–Trinajstić information content (AvgIpc) is 2.51. The number of alkyl halides is 3. The zero-order valence-corrected chi connectivity index (χ0v) is 12.3. The van der Waals surface area contributed by atoms with Crippen molar-refractivity contribution < 1.29 is 17.9 Å². The molecule has 0 aliphatic heterocycles. The molecule has 2 nitrogen and oxygen atoms in total. The Morgan fingerprint density at radius 3 is 2.32 bits per heavy atom. The van der Waals surface area contributed by atoms with Gasteiger partial charge >= 0.3 is 6.18 Å². The molecule has 0 fully saturated rings. The van der Waals surface area contributed by atoms with Gasteiger partial charge in [-0.2, -0.15) is 13.2 Å². The second-order valence-corrected chi connectivity index (χ2v) is 4.93. The van der Waals surface area contributed by atoms with E-state index < -0.39 is 11.7 Å². The molecule has 2 rings (SSSR count). The largest absolute Gasteiger partial charge is 0.497 e. The predicted octanol–water partition coefficient (Wildman–Crippen LogP) is 4.05. The van der Waals surface area contributed by atoms with Crippen molar-refractivity contribution in [3.05, 3.63) is 65.2 Å². The predicted molar refractivity (Wildman–Crippen MR) is 79.8 cm³/mol. The van der Waals surface area contributed by atoms with Crippen LogP contribution in [0.25, 0.3) is 0 Å². The molecule has 0 amide bonds. The van der Waals surface area contributed by atoms with Crippen LogP contribution in [-0.4, -0.2) is 13.7 Å². The molecule has 2 aromatic rings. The maximum atomic E-state index is 12.9. The molecular formula is C17H18F3NO. The van der Waals surface area contributed by atoms with E-state index in [9.17, 15) is 13.2 Å². The number of hydrogen-bond acceptors (Lipinski definition) is 2. The molecule has 0 aliphatic carbocycles. The highest BCUT2D eigenvalue weighted by Gasteiger charge is 2.32. The summed E-state index contributed by atoms with van der Waals surface area (Å²) in [5.41, 5.74) is 0.800. The molecule has 1 N–H and O–H groups in total. The summed E-state index contributed by atoms with van der Waals surface area (Å²) < 4.78 is 43.6. The van der Waals surface area contributed by atoms with Crippen LogP contribution in [0.15, 0.2) is 48.5 Å². The molecule has 0 heterocycles. The Kier molecular flexibility index (Phi) is 5.44. The van der Waals surface area contributed by atoms with Crippen LogP contribution in [0.5, 0.6) is 5.75 Å². The van der Waals surface area contributed by atoms with Crippen LogP contribution < -0.4 is 10.1 Å². The molecule has 2 aromatic carbocycles. The van der Waals surface area contributed by atoms with Gasteiger partial charge in [0.15, 0.2) is 0 Å². The molecule has 0 unspecified atom stereocenters. The minimum atomic E-state index is -4.31. The maximum Gasteiger partial charge on any atom is 0.416 e. The van der Waals surface area contributed by atoms with Crippen LogP contribution in [0.4, 0.5) is 13.2 Å². The zero-order chi connectivity index (χ0) is 16.0. The number of benzene rings is 2. The number of nitrogens with one attached hydrogen (secondary N) is 1. The Bertz CT molecular complexity index is 594. The summed E-state index contributed by atoms with van der Waals surface area (Å²) in [7, 11) is 1.61. The van der Waals surface area contributed by atoms with Gasteiger partial charge in [0, 0.05) is 6.54 Å². The van der Waals surface area contributed by atoms with Gasteiger partial charge in [0.05, 0.1) is 12.7 Å². The smallest absolute Gasteiger partial charge is 0.416 e. The van der Waals surface area contributed by atoms with E-state index in [-0.39, 0.29) is 12.1 Å². The van der Waals surface area contributed by atoms with Gasteiger partial charge in [-0.05, 0) is 42.3 Å². The number of halogens is 3. The van der Waals surface area contributed by atoms with Crippen LogP contribution in [0.2, 0.25) is 0 Å². The topological polar surface area (TPSA) is 21.3 Å². The van der Waals surface area contributed by atoms with Crippen molar-refractivity contribution in [3.63, 3.8) is 0 Å². The first-order chi connectivity index (χ1) is 10.5. The zero-order valence-electron chi connectivity index (χ0n) is 12.3. The first-order valence-corrected chi connectivity index (χ1v) is 6.99. The summed E-state index contributed by atoms with van der Waals surface area (Å²) in [4.78, 5) is 0. The van der Waals surface area contributed by atoms with Gasteiger partial charge < -0.3 is 10.1 Å². The number of ether oxygens (including phenoxy) is 1. The number of rotatable bonds is 6. The van der Waals surface area contributed by atoms with E-state index in [4.69, 9.17) is 4.74 Å². The summed E-state index contributed by atoms with van der Waals surface area (Å²) in [6.45, 7) is 0.810. The Balaban J connectivity index is 1.86. The summed E-state index contributed by atoms with van der Waals surface area (Å²) in [5, 5.41) is 3.06.